The molecule has 15 heteroatoms. The van der Waals surface area contributed by atoms with Gasteiger partial charge >= 0.3 is 5.97 Å². The highest BCUT2D eigenvalue weighted by Crippen LogP contribution is 2.44. The number of fused-ring (bicyclic) bond motifs is 1. The van der Waals surface area contributed by atoms with Crippen LogP contribution in [-0.4, -0.2) is 91.9 Å². The second-order valence-electron chi connectivity index (χ2n) is 7.43. The number of anilines is 2. The van der Waals surface area contributed by atoms with E-state index < -0.39 is 35.9 Å². The molecule has 3 amide bonds. The van der Waals surface area contributed by atoms with E-state index in [2.05, 4.69) is 10.1 Å². The maximum Gasteiger partial charge on any atom is 0.352 e. The van der Waals surface area contributed by atoms with E-state index in [0.29, 0.717) is 24.8 Å². The number of nitrogen functional groups attached to an aromatic ring is 1. The highest BCUT2D eigenvalue weighted by molar-refractivity contribution is 8.00. The van der Waals surface area contributed by atoms with Crippen LogP contribution in [0.4, 0.5) is 15.3 Å². The number of nitrogens with two attached hydrogens (primary N) is 1. The Morgan fingerprint density at radius 3 is 2.79 bits per heavy atom. The molecule has 1 aromatic heterocycles. The molecule has 12 nitrogen and oxygen atoms in total. The molecule has 0 unspecified atom stereocenters. The highest BCUT2D eigenvalue weighted by atomic mass is 32.2. The number of oxime groups is 1. The molecule has 4 rings (SSSR count). The van der Waals surface area contributed by atoms with Crippen molar-refractivity contribution >= 4 is 64.0 Å². The lowest BCUT2D eigenvalue weighted by atomic mass is 10.00. The van der Waals surface area contributed by atoms with Gasteiger partial charge in [-0.2, -0.15) is 0 Å². The first kappa shape index (κ1) is 23.7. The van der Waals surface area contributed by atoms with Gasteiger partial charge in [-0.15, -0.1) is 23.1 Å². The lowest BCUT2D eigenvalue weighted by Gasteiger charge is -2.51. The van der Waals surface area contributed by atoms with Crippen LogP contribution in [0.2, 0.25) is 0 Å². The first-order valence-electron chi connectivity index (χ1n) is 9.97. The van der Waals surface area contributed by atoms with Crippen molar-refractivity contribution < 1.29 is 33.9 Å². The number of thiazole rings is 1. The second-order valence-corrected chi connectivity index (χ2v) is 9.43. The summed E-state index contributed by atoms with van der Waals surface area (Å²) in [6.07, 6.45) is 2.40. The van der Waals surface area contributed by atoms with Gasteiger partial charge in [0.05, 0.1) is 0 Å². The molecule has 3 aliphatic rings. The van der Waals surface area contributed by atoms with E-state index in [1.807, 2.05) is 0 Å². The molecule has 3 aliphatic heterocycles. The number of alkyl halides is 1. The molecular weight excluding hydrogens is 491 g/mol. The predicted molar refractivity (Wildman–Crippen MR) is 121 cm³/mol. The Hall–Kier alpha value is -3.46. The number of thioether (sulfide) groups is 1. The van der Waals surface area contributed by atoms with Crippen molar-refractivity contribution in [3.63, 3.8) is 0 Å². The van der Waals surface area contributed by atoms with Crippen LogP contribution in [-0.2, 0) is 19.2 Å². The number of aliphatic carboxylic acids is 1. The Morgan fingerprint density at radius 2 is 2.18 bits per heavy atom. The van der Waals surface area contributed by atoms with Gasteiger partial charge in [0.1, 0.15) is 35.8 Å². The SMILES string of the molecule is Nc1nc(N(C(=O)/C=N\O)[C@@H]2C(=O)N3C(C(=O)O)=C(/C=C4\CCN(CCF)C4=O)CS[C@H]23)cs1. The second kappa shape index (κ2) is 9.42. The van der Waals surface area contributed by atoms with Gasteiger partial charge in [-0.1, -0.05) is 5.16 Å². The molecule has 4 N–H and O–H groups in total. The quantitative estimate of drug-likeness (QED) is 0.153. The van der Waals surface area contributed by atoms with Crippen molar-refractivity contribution in [3.05, 3.63) is 28.3 Å². The van der Waals surface area contributed by atoms with E-state index in [1.165, 1.54) is 28.1 Å². The summed E-state index contributed by atoms with van der Waals surface area (Å²) in [6, 6.07) is -1.10. The van der Waals surface area contributed by atoms with Crippen LogP contribution in [0.1, 0.15) is 6.42 Å². The van der Waals surface area contributed by atoms with Crippen LogP contribution in [0.15, 0.2) is 33.5 Å². The van der Waals surface area contributed by atoms with Crippen molar-refractivity contribution in [2.24, 2.45) is 5.16 Å². The summed E-state index contributed by atoms with van der Waals surface area (Å²) in [4.78, 5) is 57.8. The van der Waals surface area contributed by atoms with E-state index in [-0.39, 0.29) is 40.4 Å². The third-order valence-corrected chi connectivity index (χ3v) is 7.48. The minimum absolute atomic E-state index is 0.0355. The molecule has 0 aromatic carbocycles. The monoisotopic (exact) mass is 510 g/mol. The number of carboxylic acids is 1. The molecule has 4 heterocycles. The fourth-order valence-corrected chi connectivity index (χ4v) is 5.95. The fourth-order valence-electron chi connectivity index (χ4n) is 4.06. The maximum absolute atomic E-state index is 13.1. The molecule has 0 bridgehead atoms. The van der Waals surface area contributed by atoms with Crippen LogP contribution in [0.3, 0.4) is 0 Å². The molecule has 2 atom stereocenters. The summed E-state index contributed by atoms with van der Waals surface area (Å²) < 4.78 is 12.6. The fraction of sp³-hybridized carbons (Fsp3) is 0.368. The summed E-state index contributed by atoms with van der Waals surface area (Å²) in [5.41, 5.74) is 6.00. The highest BCUT2D eigenvalue weighted by Gasteiger charge is 2.57. The van der Waals surface area contributed by atoms with E-state index in [4.69, 9.17) is 10.9 Å². The number of aromatic nitrogens is 1. The Labute approximate surface area is 200 Å². The molecule has 0 radical (unpaired) electrons. The number of β-lactam (4-membered cyclic amide) rings is 1. The van der Waals surface area contributed by atoms with E-state index in [9.17, 15) is 28.7 Å². The Bertz CT molecular complexity index is 1150. The number of allylic oxidation sites excluding steroid dienone is 1. The number of carboxylic acid groups (broad SMARTS) is 1. The van der Waals surface area contributed by atoms with Crippen molar-refractivity contribution in [2.45, 2.75) is 17.8 Å². The van der Waals surface area contributed by atoms with Crippen molar-refractivity contribution in [2.75, 3.05) is 36.2 Å². The number of hydrogen-bond donors (Lipinski definition) is 3. The largest absolute Gasteiger partial charge is 0.477 e. The number of rotatable bonds is 7. The first-order chi connectivity index (χ1) is 16.3. The standard InChI is InChI=1S/C19H19FN6O6S2/c20-2-4-24-3-1-9(15(24)28)5-10-7-33-17-14(16(29)26(17)13(10)18(30)31)25(12(27)6-22-32)11-8-34-19(21)23-11/h5-6,8,14,17,32H,1-4,7H2,(H2,21,23)(H,30,31)/b9-5+,22-6-/t14-,17-/m1/s1. The average molecular weight is 511 g/mol. The van der Waals surface area contributed by atoms with Gasteiger partial charge in [-0.05, 0) is 18.1 Å². The van der Waals surface area contributed by atoms with E-state index in [0.717, 1.165) is 21.1 Å². The number of likely N-dealkylation sites (tertiary alicyclic amines) is 1. The molecule has 0 aliphatic carbocycles. The number of hydrogen-bond acceptors (Lipinski definition) is 10. The Morgan fingerprint density at radius 1 is 1.41 bits per heavy atom. The number of carbonyl (C=O) groups excluding carboxylic acids is 3. The smallest absolute Gasteiger partial charge is 0.352 e. The lowest BCUT2D eigenvalue weighted by Crippen LogP contribution is -2.71. The van der Waals surface area contributed by atoms with Crippen LogP contribution >= 0.6 is 23.1 Å². The van der Waals surface area contributed by atoms with Gasteiger partial charge < -0.3 is 20.9 Å². The molecule has 0 saturated carbocycles. The summed E-state index contributed by atoms with van der Waals surface area (Å²) in [5.74, 6) is -3.00. The molecular formula is C19H19FN6O6S2. The van der Waals surface area contributed by atoms with Crippen LogP contribution in [0, 0.1) is 0 Å². The third kappa shape index (κ3) is 4.00. The third-order valence-electron chi connectivity index (χ3n) is 5.53. The topological polar surface area (TPSA) is 170 Å². The minimum atomic E-state index is -1.36. The van der Waals surface area contributed by atoms with Crippen molar-refractivity contribution in [3.8, 4) is 0 Å². The maximum atomic E-state index is 13.1. The van der Waals surface area contributed by atoms with Crippen LogP contribution < -0.4 is 10.6 Å². The summed E-state index contributed by atoms with van der Waals surface area (Å²) in [5, 5.41) is 22.3. The zero-order chi connectivity index (χ0) is 24.6. The average Bonchev–Trinajstić information content (AvgIpc) is 3.37. The van der Waals surface area contributed by atoms with Gasteiger partial charge in [0, 0.05) is 29.8 Å². The van der Waals surface area contributed by atoms with Gasteiger partial charge in [0.2, 0.25) is 5.91 Å². The predicted octanol–water partition coefficient (Wildman–Crippen LogP) is 0.269. The van der Waals surface area contributed by atoms with Crippen LogP contribution in [0.25, 0.3) is 0 Å². The van der Waals surface area contributed by atoms with Gasteiger partial charge in [-0.25, -0.2) is 14.2 Å². The number of halogens is 1. The molecule has 0 spiro atoms. The number of carbonyl (C=O) groups is 4. The molecule has 34 heavy (non-hydrogen) atoms. The Kier molecular flexibility index (Phi) is 6.56. The summed E-state index contributed by atoms with van der Waals surface area (Å²) >= 11 is 2.25. The van der Waals surface area contributed by atoms with Crippen molar-refractivity contribution in [1.29, 1.82) is 0 Å². The molecule has 1 aromatic rings. The van der Waals surface area contributed by atoms with Gasteiger partial charge in [0.15, 0.2) is 5.13 Å². The van der Waals surface area contributed by atoms with E-state index in [1.54, 1.807) is 0 Å². The molecule has 180 valence electrons. The molecule has 2 fully saturated rings. The Balaban J connectivity index is 1.66. The minimum Gasteiger partial charge on any atom is -0.477 e. The molecule has 2 saturated heterocycles. The lowest BCUT2D eigenvalue weighted by molar-refractivity contribution is -0.148. The van der Waals surface area contributed by atoms with E-state index >= 15 is 0 Å². The first-order valence-corrected chi connectivity index (χ1v) is 11.9. The normalized spacial score (nSPS) is 23.6. The van der Waals surface area contributed by atoms with Gasteiger partial charge in [0.25, 0.3) is 11.8 Å². The van der Waals surface area contributed by atoms with Crippen molar-refractivity contribution in [1.82, 2.24) is 14.8 Å². The number of amides is 3. The summed E-state index contributed by atoms with van der Waals surface area (Å²) in [7, 11) is 0. The van der Waals surface area contributed by atoms with Gasteiger partial charge in [-0.3, -0.25) is 24.2 Å². The zero-order valence-corrected chi connectivity index (χ0v) is 19.1. The number of nitrogens with zero attached hydrogens (tertiary/aromatic N) is 5. The van der Waals surface area contributed by atoms with Crippen LogP contribution in [0.5, 0.6) is 0 Å². The zero-order valence-electron chi connectivity index (χ0n) is 17.5. The summed E-state index contributed by atoms with van der Waals surface area (Å²) in [6.45, 7) is -0.374.